The van der Waals surface area contributed by atoms with Gasteiger partial charge in [-0.05, 0) is 25.7 Å². The first-order valence-corrected chi connectivity index (χ1v) is 7.95. The second-order valence-corrected chi connectivity index (χ2v) is 6.35. The molecule has 2 amide bonds. The van der Waals surface area contributed by atoms with Gasteiger partial charge in [-0.3, -0.25) is 0 Å². The van der Waals surface area contributed by atoms with Crippen LogP contribution < -0.4 is 10.6 Å². The molecule has 116 valence electrons. The van der Waals surface area contributed by atoms with Crippen molar-refractivity contribution in [1.29, 1.82) is 0 Å². The van der Waals surface area contributed by atoms with Crippen molar-refractivity contribution in [2.45, 2.75) is 56.7 Å². The summed E-state index contributed by atoms with van der Waals surface area (Å²) in [4.78, 5) is 12.9. The van der Waals surface area contributed by atoms with E-state index < -0.39 is 0 Å². The fourth-order valence-electron chi connectivity index (χ4n) is 3.28. The summed E-state index contributed by atoms with van der Waals surface area (Å²) in [6, 6.07) is -0.0370. The first kappa shape index (κ1) is 15.6. The molecule has 2 rings (SSSR count). The van der Waals surface area contributed by atoms with Gasteiger partial charge >= 0.3 is 6.03 Å². The molecule has 0 aromatic carbocycles. The third kappa shape index (κ3) is 4.35. The fraction of sp³-hybridized carbons (Fsp3) is 0.933. The van der Waals surface area contributed by atoms with Crippen LogP contribution >= 0.6 is 0 Å². The van der Waals surface area contributed by atoms with Gasteiger partial charge < -0.3 is 20.3 Å². The Balaban J connectivity index is 1.56. The Morgan fingerprint density at radius 1 is 1.20 bits per heavy atom. The maximum Gasteiger partial charge on any atom is 0.316 e. The minimum Gasteiger partial charge on any atom is -0.370 e. The fourth-order valence-corrected chi connectivity index (χ4v) is 3.28. The quantitative estimate of drug-likeness (QED) is 0.756. The summed E-state index contributed by atoms with van der Waals surface area (Å²) in [6.45, 7) is 2.36. The molecular formula is C15H29N3O2. The van der Waals surface area contributed by atoms with E-state index in [1.165, 1.54) is 44.9 Å². The van der Waals surface area contributed by atoms with Crippen LogP contribution in [0.25, 0.3) is 0 Å². The molecule has 2 fully saturated rings. The van der Waals surface area contributed by atoms with E-state index in [-0.39, 0.29) is 11.6 Å². The maximum atomic E-state index is 11.3. The first-order valence-electron chi connectivity index (χ1n) is 7.95. The Morgan fingerprint density at radius 2 is 1.95 bits per heavy atom. The van der Waals surface area contributed by atoms with Crippen LogP contribution in [0.15, 0.2) is 0 Å². The van der Waals surface area contributed by atoms with Gasteiger partial charge in [0.2, 0.25) is 0 Å². The smallest absolute Gasteiger partial charge is 0.316 e. The van der Waals surface area contributed by atoms with Gasteiger partial charge in [-0.1, -0.05) is 19.3 Å². The summed E-state index contributed by atoms with van der Waals surface area (Å²) in [5.74, 6) is 0. The summed E-state index contributed by atoms with van der Waals surface area (Å²) in [6.07, 6.45) is 9.31. The summed E-state index contributed by atoms with van der Waals surface area (Å²) in [7, 11) is 3.50. The highest BCUT2D eigenvalue weighted by molar-refractivity contribution is 5.73. The molecule has 0 aromatic rings. The second kappa shape index (κ2) is 7.27. The van der Waals surface area contributed by atoms with E-state index in [1.807, 2.05) is 0 Å². The summed E-state index contributed by atoms with van der Waals surface area (Å²) in [5.41, 5.74) is 0.212. The predicted octanol–water partition coefficient (Wildman–Crippen LogP) is 1.73. The lowest BCUT2D eigenvalue weighted by Gasteiger charge is -2.33. The van der Waals surface area contributed by atoms with Gasteiger partial charge in [-0.15, -0.1) is 0 Å². The van der Waals surface area contributed by atoms with E-state index in [0.717, 1.165) is 13.1 Å². The van der Waals surface area contributed by atoms with Crippen molar-refractivity contribution >= 4 is 6.03 Å². The van der Waals surface area contributed by atoms with E-state index in [1.54, 1.807) is 19.0 Å². The van der Waals surface area contributed by atoms with Crippen molar-refractivity contribution in [2.75, 3.05) is 33.7 Å². The Hall–Kier alpha value is -0.810. The lowest BCUT2D eigenvalue weighted by atomic mass is 9.83. The lowest BCUT2D eigenvalue weighted by Crippen LogP contribution is -2.40. The molecule has 0 aromatic heterocycles. The van der Waals surface area contributed by atoms with Crippen molar-refractivity contribution in [3.8, 4) is 0 Å². The molecule has 0 bridgehead atoms. The van der Waals surface area contributed by atoms with Gasteiger partial charge in [-0.25, -0.2) is 4.79 Å². The Labute approximate surface area is 122 Å². The van der Waals surface area contributed by atoms with Crippen LogP contribution in [0.4, 0.5) is 4.79 Å². The molecule has 1 unspecified atom stereocenters. The number of nitrogens with one attached hydrogen (secondary N) is 2. The number of nitrogens with zero attached hydrogens (tertiary/aromatic N) is 1. The highest BCUT2D eigenvalue weighted by atomic mass is 16.5. The van der Waals surface area contributed by atoms with Crippen LogP contribution in [0, 0.1) is 0 Å². The van der Waals surface area contributed by atoms with Gasteiger partial charge in [0.05, 0.1) is 11.7 Å². The van der Waals surface area contributed by atoms with Crippen LogP contribution in [0.3, 0.4) is 0 Å². The van der Waals surface area contributed by atoms with Gasteiger partial charge in [0, 0.05) is 33.7 Å². The van der Waals surface area contributed by atoms with E-state index in [0.29, 0.717) is 12.6 Å². The molecule has 1 aliphatic heterocycles. The number of carbonyl (C=O) groups is 1. The Kier molecular flexibility index (Phi) is 5.66. The summed E-state index contributed by atoms with van der Waals surface area (Å²) in [5, 5.41) is 6.23. The number of hydrogen-bond acceptors (Lipinski definition) is 3. The van der Waals surface area contributed by atoms with Crippen molar-refractivity contribution < 1.29 is 9.53 Å². The van der Waals surface area contributed by atoms with Crippen LogP contribution in [0.5, 0.6) is 0 Å². The molecule has 0 radical (unpaired) electrons. The van der Waals surface area contributed by atoms with E-state index >= 15 is 0 Å². The number of urea groups is 1. The monoisotopic (exact) mass is 283 g/mol. The molecule has 1 saturated heterocycles. The largest absolute Gasteiger partial charge is 0.370 e. The third-order valence-corrected chi connectivity index (χ3v) is 4.46. The molecule has 1 spiro atoms. The molecular weight excluding hydrogens is 254 g/mol. The van der Waals surface area contributed by atoms with E-state index in [4.69, 9.17) is 4.74 Å². The summed E-state index contributed by atoms with van der Waals surface area (Å²) >= 11 is 0. The van der Waals surface area contributed by atoms with Crippen molar-refractivity contribution in [2.24, 2.45) is 0 Å². The van der Waals surface area contributed by atoms with Crippen LogP contribution in [0.2, 0.25) is 0 Å². The van der Waals surface area contributed by atoms with Gasteiger partial charge in [0.1, 0.15) is 0 Å². The standard InChI is InChI=1S/C15H29N3O2/c1-18(2)14(19)17-11-10-16-12-13-6-9-15(20-13)7-4-3-5-8-15/h13,16H,3-12H2,1-2H3,(H,17,19). The van der Waals surface area contributed by atoms with Gasteiger partial charge in [0.25, 0.3) is 0 Å². The number of carbonyl (C=O) groups excluding carboxylic acids is 1. The molecule has 1 heterocycles. The van der Waals surface area contributed by atoms with Gasteiger partial charge in [0.15, 0.2) is 0 Å². The Bertz CT molecular complexity index is 314. The normalized spacial score (nSPS) is 24.8. The lowest BCUT2D eigenvalue weighted by molar-refractivity contribution is -0.0622. The molecule has 1 atom stereocenters. The van der Waals surface area contributed by atoms with Crippen molar-refractivity contribution in [1.82, 2.24) is 15.5 Å². The minimum atomic E-state index is -0.0370. The average molecular weight is 283 g/mol. The molecule has 5 nitrogen and oxygen atoms in total. The number of hydrogen-bond donors (Lipinski definition) is 2. The molecule has 2 N–H and O–H groups in total. The average Bonchev–Trinajstić information content (AvgIpc) is 2.81. The zero-order chi connectivity index (χ0) is 14.4. The number of rotatable bonds is 5. The highest BCUT2D eigenvalue weighted by Gasteiger charge is 2.40. The molecule has 2 aliphatic rings. The SMILES string of the molecule is CN(C)C(=O)NCCNCC1CCC2(CCCCC2)O1. The second-order valence-electron chi connectivity index (χ2n) is 6.35. The van der Waals surface area contributed by atoms with E-state index in [2.05, 4.69) is 10.6 Å². The molecule has 5 heteroatoms. The number of amides is 2. The first-order chi connectivity index (χ1) is 9.61. The van der Waals surface area contributed by atoms with Crippen molar-refractivity contribution in [3.05, 3.63) is 0 Å². The molecule has 1 saturated carbocycles. The van der Waals surface area contributed by atoms with Gasteiger partial charge in [-0.2, -0.15) is 0 Å². The van der Waals surface area contributed by atoms with Crippen molar-refractivity contribution in [3.63, 3.8) is 0 Å². The summed E-state index contributed by atoms with van der Waals surface area (Å²) < 4.78 is 6.30. The predicted molar refractivity (Wildman–Crippen MR) is 79.9 cm³/mol. The third-order valence-electron chi connectivity index (χ3n) is 4.46. The molecule has 20 heavy (non-hydrogen) atoms. The zero-order valence-electron chi connectivity index (χ0n) is 12.9. The van der Waals surface area contributed by atoms with E-state index in [9.17, 15) is 4.79 Å². The topological polar surface area (TPSA) is 53.6 Å². The maximum absolute atomic E-state index is 11.3. The Morgan fingerprint density at radius 3 is 2.65 bits per heavy atom. The van der Waals surface area contributed by atoms with Crippen LogP contribution in [-0.2, 0) is 4.74 Å². The molecule has 1 aliphatic carbocycles. The van der Waals surface area contributed by atoms with Crippen LogP contribution in [-0.4, -0.2) is 56.4 Å². The zero-order valence-corrected chi connectivity index (χ0v) is 12.9. The minimum absolute atomic E-state index is 0.0370. The van der Waals surface area contributed by atoms with Crippen LogP contribution in [0.1, 0.15) is 44.9 Å². The highest BCUT2D eigenvalue weighted by Crippen LogP contribution is 2.41. The number of ether oxygens (including phenoxy) is 1.